The maximum atomic E-state index is 11.6. The minimum absolute atomic E-state index is 0. The van der Waals surface area contributed by atoms with Crippen molar-refractivity contribution in [3.05, 3.63) is 34.9 Å². The van der Waals surface area contributed by atoms with E-state index in [-0.39, 0.29) is 36.1 Å². The van der Waals surface area contributed by atoms with Crippen LogP contribution in [0.2, 0.25) is 0 Å². The molecular weight excluding hydrogens is 314 g/mol. The number of benzene rings is 1. The van der Waals surface area contributed by atoms with Crippen molar-refractivity contribution in [2.45, 2.75) is 32.4 Å². The molecule has 1 aromatic rings. The maximum absolute atomic E-state index is 11.6. The molecule has 0 heterocycles. The quantitative estimate of drug-likeness (QED) is 0.671. The molecule has 1 atom stereocenters. The molecule has 0 fully saturated rings. The largest absolute Gasteiger partial charge is 0.478 e. The average Bonchev–Trinajstić information content (AvgIpc) is 2.37. The van der Waals surface area contributed by atoms with E-state index in [1.807, 2.05) is 0 Å². The lowest BCUT2D eigenvalue weighted by atomic mass is 9.99. The standard InChI is InChI=1S/C14H17NO6.ClH/c1-7(2)21-14(20)11(15)6-8-3-4-9(12(16)17)10(5-8)13(18)19;/h3-5,7,11H,6,15H2,1-2H3,(H,16,17)(H,18,19);1H. The Morgan fingerprint density at radius 2 is 1.68 bits per heavy atom. The third kappa shape index (κ3) is 5.34. The van der Waals surface area contributed by atoms with E-state index in [4.69, 9.17) is 20.7 Å². The van der Waals surface area contributed by atoms with E-state index in [9.17, 15) is 14.4 Å². The van der Waals surface area contributed by atoms with Crippen molar-refractivity contribution >= 4 is 30.3 Å². The van der Waals surface area contributed by atoms with Crippen LogP contribution < -0.4 is 5.73 Å². The van der Waals surface area contributed by atoms with E-state index >= 15 is 0 Å². The fourth-order valence-corrected chi connectivity index (χ4v) is 1.74. The zero-order valence-electron chi connectivity index (χ0n) is 12.1. The van der Waals surface area contributed by atoms with Crippen molar-refractivity contribution in [1.29, 1.82) is 0 Å². The summed E-state index contributed by atoms with van der Waals surface area (Å²) >= 11 is 0. The van der Waals surface area contributed by atoms with Crippen LogP contribution >= 0.6 is 12.4 Å². The predicted molar refractivity (Wildman–Crippen MR) is 80.5 cm³/mol. The molecule has 0 aliphatic rings. The van der Waals surface area contributed by atoms with Gasteiger partial charge in [0, 0.05) is 0 Å². The molecule has 0 aliphatic heterocycles. The van der Waals surface area contributed by atoms with Crippen LogP contribution in [0.15, 0.2) is 18.2 Å². The van der Waals surface area contributed by atoms with Gasteiger partial charge in [0.05, 0.1) is 17.2 Å². The van der Waals surface area contributed by atoms with Crippen molar-refractivity contribution in [2.75, 3.05) is 0 Å². The highest BCUT2D eigenvalue weighted by atomic mass is 35.5. The Hall–Kier alpha value is -2.12. The van der Waals surface area contributed by atoms with Crippen LogP contribution in [0.4, 0.5) is 0 Å². The Balaban J connectivity index is 0.00000441. The first-order chi connectivity index (χ1) is 9.72. The fourth-order valence-electron chi connectivity index (χ4n) is 1.74. The van der Waals surface area contributed by atoms with E-state index in [1.54, 1.807) is 13.8 Å². The Labute approximate surface area is 133 Å². The van der Waals surface area contributed by atoms with Crippen LogP contribution in [0.5, 0.6) is 0 Å². The molecule has 1 rings (SSSR count). The molecule has 0 saturated carbocycles. The maximum Gasteiger partial charge on any atom is 0.336 e. The third-order valence-corrected chi connectivity index (χ3v) is 2.66. The van der Waals surface area contributed by atoms with Gasteiger partial charge in [0.15, 0.2) is 0 Å². The van der Waals surface area contributed by atoms with Crippen LogP contribution in [0.1, 0.15) is 40.1 Å². The van der Waals surface area contributed by atoms with E-state index in [1.165, 1.54) is 18.2 Å². The lowest BCUT2D eigenvalue weighted by Gasteiger charge is -2.14. The van der Waals surface area contributed by atoms with Gasteiger partial charge in [0.2, 0.25) is 0 Å². The van der Waals surface area contributed by atoms with Gasteiger partial charge in [-0.3, -0.25) is 4.79 Å². The molecule has 7 nitrogen and oxygen atoms in total. The van der Waals surface area contributed by atoms with Gasteiger partial charge in [0.1, 0.15) is 6.04 Å². The molecule has 0 aliphatic carbocycles. The number of hydrogen-bond donors (Lipinski definition) is 3. The first kappa shape index (κ1) is 19.9. The van der Waals surface area contributed by atoms with Gasteiger partial charge in [0.25, 0.3) is 0 Å². The summed E-state index contributed by atoms with van der Waals surface area (Å²) in [5, 5.41) is 17.9. The summed E-state index contributed by atoms with van der Waals surface area (Å²) in [5.41, 5.74) is 5.47. The third-order valence-electron chi connectivity index (χ3n) is 2.66. The lowest BCUT2D eigenvalue weighted by molar-refractivity contribution is -0.148. The molecule has 8 heteroatoms. The van der Waals surface area contributed by atoms with Crippen LogP contribution in [-0.2, 0) is 16.0 Å². The van der Waals surface area contributed by atoms with Gasteiger partial charge in [-0.1, -0.05) is 6.07 Å². The number of hydrogen-bond acceptors (Lipinski definition) is 5. The molecular formula is C14H18ClNO6. The summed E-state index contributed by atoms with van der Waals surface area (Å²) in [6.07, 6.45) is -0.237. The van der Waals surface area contributed by atoms with Crippen LogP contribution in [0.25, 0.3) is 0 Å². The van der Waals surface area contributed by atoms with Crippen molar-refractivity contribution in [1.82, 2.24) is 0 Å². The Bertz CT molecular complexity index is 572. The Kier molecular flexibility index (Phi) is 7.55. The number of carbonyl (C=O) groups excluding carboxylic acids is 1. The number of halogens is 1. The fraction of sp³-hybridized carbons (Fsp3) is 0.357. The van der Waals surface area contributed by atoms with Crippen molar-refractivity contribution in [3.63, 3.8) is 0 Å². The molecule has 122 valence electrons. The molecule has 1 aromatic carbocycles. The minimum Gasteiger partial charge on any atom is -0.478 e. The van der Waals surface area contributed by atoms with Gasteiger partial charge >= 0.3 is 17.9 Å². The average molecular weight is 332 g/mol. The summed E-state index contributed by atoms with van der Waals surface area (Å²) in [7, 11) is 0. The molecule has 1 unspecified atom stereocenters. The van der Waals surface area contributed by atoms with Gasteiger partial charge in [-0.15, -0.1) is 12.4 Å². The highest BCUT2D eigenvalue weighted by molar-refractivity contribution is 6.01. The normalized spacial score (nSPS) is 11.5. The SMILES string of the molecule is CC(C)OC(=O)C(N)Cc1ccc(C(=O)O)c(C(=O)O)c1.Cl. The molecule has 0 radical (unpaired) electrons. The Morgan fingerprint density at radius 3 is 2.14 bits per heavy atom. The second kappa shape index (κ2) is 8.35. The lowest BCUT2D eigenvalue weighted by Crippen LogP contribution is -2.35. The highest BCUT2D eigenvalue weighted by Crippen LogP contribution is 2.14. The molecule has 22 heavy (non-hydrogen) atoms. The van der Waals surface area contributed by atoms with E-state index in [0.717, 1.165) is 0 Å². The van der Waals surface area contributed by atoms with Crippen LogP contribution in [-0.4, -0.2) is 40.3 Å². The number of ether oxygens (including phenoxy) is 1. The number of nitrogens with two attached hydrogens (primary N) is 1. The molecule has 0 bridgehead atoms. The summed E-state index contributed by atoms with van der Waals surface area (Å²) < 4.78 is 4.95. The van der Waals surface area contributed by atoms with E-state index in [2.05, 4.69) is 0 Å². The first-order valence-corrected chi connectivity index (χ1v) is 6.28. The molecule has 0 spiro atoms. The van der Waals surface area contributed by atoms with Gasteiger partial charge in [-0.05, 0) is 38.0 Å². The number of carboxylic acid groups (broad SMARTS) is 2. The van der Waals surface area contributed by atoms with Crippen molar-refractivity contribution in [2.24, 2.45) is 5.73 Å². The van der Waals surface area contributed by atoms with E-state index in [0.29, 0.717) is 5.56 Å². The van der Waals surface area contributed by atoms with E-state index < -0.39 is 23.9 Å². The van der Waals surface area contributed by atoms with Gasteiger partial charge in [-0.2, -0.15) is 0 Å². The number of aromatic carboxylic acids is 2. The zero-order chi connectivity index (χ0) is 16.2. The second-order valence-corrected chi connectivity index (χ2v) is 4.79. The topological polar surface area (TPSA) is 127 Å². The predicted octanol–water partition coefficient (Wildman–Crippen LogP) is 1.33. The van der Waals surface area contributed by atoms with Gasteiger partial charge in [-0.25, -0.2) is 9.59 Å². The smallest absolute Gasteiger partial charge is 0.336 e. The minimum atomic E-state index is -1.35. The summed E-state index contributed by atoms with van der Waals surface area (Å²) in [6, 6.07) is 2.87. The van der Waals surface area contributed by atoms with Crippen molar-refractivity contribution < 1.29 is 29.3 Å². The number of carbonyl (C=O) groups is 3. The molecule has 0 amide bonds. The monoisotopic (exact) mass is 331 g/mol. The number of carboxylic acids is 2. The van der Waals surface area contributed by atoms with Crippen molar-refractivity contribution in [3.8, 4) is 0 Å². The summed E-state index contributed by atoms with van der Waals surface area (Å²) in [5.74, 6) is -3.28. The van der Waals surface area contributed by atoms with Crippen LogP contribution in [0, 0.1) is 0 Å². The summed E-state index contributed by atoms with van der Waals surface area (Å²) in [4.78, 5) is 33.6. The number of esters is 1. The summed E-state index contributed by atoms with van der Waals surface area (Å²) in [6.45, 7) is 3.38. The number of rotatable bonds is 6. The first-order valence-electron chi connectivity index (χ1n) is 6.28. The van der Waals surface area contributed by atoms with Crippen LogP contribution in [0.3, 0.4) is 0 Å². The molecule has 0 aromatic heterocycles. The molecule has 4 N–H and O–H groups in total. The van der Waals surface area contributed by atoms with Gasteiger partial charge < -0.3 is 20.7 Å². The Morgan fingerprint density at radius 1 is 1.14 bits per heavy atom. The second-order valence-electron chi connectivity index (χ2n) is 4.79. The zero-order valence-corrected chi connectivity index (χ0v) is 12.9. The highest BCUT2D eigenvalue weighted by Gasteiger charge is 2.20. The molecule has 0 saturated heterocycles.